The zero-order valence-electron chi connectivity index (χ0n) is 14.2. The summed E-state index contributed by atoms with van der Waals surface area (Å²) in [4.78, 5) is 12.1. The first-order chi connectivity index (χ1) is 11.7. The number of nitrogens with one attached hydrogen (secondary N) is 1. The molecule has 24 heavy (non-hydrogen) atoms. The minimum atomic E-state index is -0.491. The molecule has 0 bridgehead atoms. The number of carbonyl (C=O) groups is 1. The van der Waals surface area contributed by atoms with E-state index < -0.39 is 5.54 Å². The monoisotopic (exact) mass is 329 g/mol. The number of nitrogens with zero attached hydrogens (tertiary/aromatic N) is 4. The molecule has 1 fully saturated rings. The van der Waals surface area contributed by atoms with Crippen molar-refractivity contribution in [2.24, 2.45) is 0 Å². The molecule has 0 spiro atoms. The molecule has 0 aliphatic heterocycles. The summed E-state index contributed by atoms with van der Waals surface area (Å²) >= 11 is 0. The highest BCUT2D eigenvalue weighted by Crippen LogP contribution is 2.36. The molecule has 7 nitrogen and oxygen atoms in total. The molecule has 1 aliphatic rings. The number of ether oxygens (including phenoxy) is 1. The Morgan fingerprint density at radius 1 is 1.25 bits per heavy atom. The van der Waals surface area contributed by atoms with Gasteiger partial charge in [-0.1, -0.05) is 26.2 Å². The number of hydrogen-bond acceptors (Lipinski definition) is 5. The molecular formula is C17H23N5O2. The van der Waals surface area contributed by atoms with E-state index in [1.165, 1.54) is 6.42 Å². The van der Waals surface area contributed by atoms with Gasteiger partial charge >= 0.3 is 0 Å². The molecular weight excluding hydrogens is 306 g/mol. The number of amides is 1. The van der Waals surface area contributed by atoms with Gasteiger partial charge in [0.1, 0.15) is 11.3 Å². The van der Waals surface area contributed by atoms with E-state index in [0.717, 1.165) is 37.1 Å². The average molecular weight is 329 g/mol. The van der Waals surface area contributed by atoms with Crippen molar-refractivity contribution >= 4 is 5.91 Å². The SMILES string of the molecule is CCC(=O)NC1(c2nnnn2-c2ccc(OC)cc2)CCCCC1. The zero-order chi connectivity index (χ0) is 17.0. The van der Waals surface area contributed by atoms with Crippen LogP contribution in [0, 0.1) is 0 Å². The Kier molecular flexibility index (Phi) is 4.78. The Hall–Kier alpha value is -2.44. The minimum absolute atomic E-state index is 0.0289. The molecule has 1 amide bonds. The van der Waals surface area contributed by atoms with Crippen LogP contribution in [-0.2, 0) is 10.3 Å². The minimum Gasteiger partial charge on any atom is -0.497 e. The van der Waals surface area contributed by atoms with Crippen molar-refractivity contribution in [2.45, 2.75) is 51.0 Å². The van der Waals surface area contributed by atoms with Crippen molar-refractivity contribution in [3.63, 3.8) is 0 Å². The summed E-state index contributed by atoms with van der Waals surface area (Å²) in [5.41, 5.74) is 0.362. The predicted octanol–water partition coefficient (Wildman–Crippen LogP) is 2.36. The van der Waals surface area contributed by atoms with Gasteiger partial charge in [0.25, 0.3) is 0 Å². The van der Waals surface area contributed by atoms with E-state index in [9.17, 15) is 4.79 Å². The largest absolute Gasteiger partial charge is 0.497 e. The van der Waals surface area contributed by atoms with E-state index >= 15 is 0 Å². The van der Waals surface area contributed by atoms with Crippen LogP contribution < -0.4 is 10.1 Å². The highest BCUT2D eigenvalue weighted by molar-refractivity contribution is 5.76. The van der Waals surface area contributed by atoms with Gasteiger partial charge in [0.15, 0.2) is 5.82 Å². The fourth-order valence-electron chi connectivity index (χ4n) is 3.30. The Labute approximate surface area is 141 Å². The lowest BCUT2D eigenvalue weighted by Gasteiger charge is -2.36. The third-order valence-corrected chi connectivity index (χ3v) is 4.62. The predicted molar refractivity (Wildman–Crippen MR) is 88.9 cm³/mol. The molecule has 128 valence electrons. The smallest absolute Gasteiger partial charge is 0.220 e. The lowest BCUT2D eigenvalue weighted by Crippen LogP contribution is -2.48. The molecule has 1 aliphatic carbocycles. The maximum Gasteiger partial charge on any atom is 0.220 e. The molecule has 1 aromatic carbocycles. The van der Waals surface area contributed by atoms with Gasteiger partial charge in [0.2, 0.25) is 5.91 Å². The van der Waals surface area contributed by atoms with Crippen LogP contribution in [0.15, 0.2) is 24.3 Å². The van der Waals surface area contributed by atoms with Crippen LogP contribution in [0.5, 0.6) is 5.75 Å². The summed E-state index contributed by atoms with van der Waals surface area (Å²) in [5.74, 6) is 1.51. The van der Waals surface area contributed by atoms with Gasteiger partial charge in [0.05, 0.1) is 12.8 Å². The van der Waals surface area contributed by atoms with Crippen LogP contribution in [0.4, 0.5) is 0 Å². The fourth-order valence-corrected chi connectivity index (χ4v) is 3.30. The normalized spacial score (nSPS) is 16.6. The van der Waals surface area contributed by atoms with Gasteiger partial charge in [-0.3, -0.25) is 4.79 Å². The molecule has 0 saturated heterocycles. The van der Waals surface area contributed by atoms with Crippen LogP contribution in [0.1, 0.15) is 51.3 Å². The van der Waals surface area contributed by atoms with Gasteiger partial charge in [-0.2, -0.15) is 4.68 Å². The van der Waals surface area contributed by atoms with Gasteiger partial charge in [-0.05, 0) is 47.5 Å². The Bertz CT molecular complexity index is 689. The summed E-state index contributed by atoms with van der Waals surface area (Å²) in [5, 5.41) is 15.5. The first-order valence-corrected chi connectivity index (χ1v) is 8.43. The molecule has 3 rings (SSSR count). The number of rotatable bonds is 5. The first kappa shape index (κ1) is 16.4. The van der Waals surface area contributed by atoms with E-state index in [-0.39, 0.29) is 5.91 Å². The van der Waals surface area contributed by atoms with E-state index in [1.54, 1.807) is 11.8 Å². The highest BCUT2D eigenvalue weighted by atomic mass is 16.5. The standard InChI is InChI=1S/C17H23N5O2/c1-3-15(23)18-17(11-5-4-6-12-17)16-19-20-21-22(16)13-7-9-14(24-2)10-8-13/h7-10H,3-6,11-12H2,1-2H3,(H,18,23). The van der Waals surface area contributed by atoms with Crippen molar-refractivity contribution in [3.8, 4) is 11.4 Å². The lowest BCUT2D eigenvalue weighted by molar-refractivity contribution is -0.123. The molecule has 0 radical (unpaired) electrons. The van der Waals surface area contributed by atoms with Gasteiger partial charge < -0.3 is 10.1 Å². The second-order valence-corrected chi connectivity index (χ2v) is 6.16. The van der Waals surface area contributed by atoms with E-state index in [2.05, 4.69) is 20.8 Å². The number of carbonyl (C=O) groups excluding carboxylic acids is 1. The Morgan fingerprint density at radius 3 is 2.58 bits per heavy atom. The van der Waals surface area contributed by atoms with Gasteiger partial charge in [-0.25, -0.2) is 0 Å². The van der Waals surface area contributed by atoms with Crippen LogP contribution in [0.3, 0.4) is 0 Å². The van der Waals surface area contributed by atoms with Gasteiger partial charge in [-0.15, -0.1) is 5.10 Å². The molecule has 1 aromatic heterocycles. The topological polar surface area (TPSA) is 81.9 Å². The first-order valence-electron chi connectivity index (χ1n) is 8.43. The third-order valence-electron chi connectivity index (χ3n) is 4.62. The maximum atomic E-state index is 12.1. The number of aromatic nitrogens is 4. The van der Waals surface area contributed by atoms with Crippen LogP contribution >= 0.6 is 0 Å². The lowest BCUT2D eigenvalue weighted by atomic mass is 9.80. The highest BCUT2D eigenvalue weighted by Gasteiger charge is 2.40. The van der Waals surface area contributed by atoms with Crippen LogP contribution in [0.25, 0.3) is 5.69 Å². The number of benzene rings is 1. The van der Waals surface area contributed by atoms with Crippen molar-refractivity contribution in [2.75, 3.05) is 7.11 Å². The molecule has 0 atom stereocenters. The Balaban J connectivity index is 1.99. The summed E-state index contributed by atoms with van der Waals surface area (Å²) in [6.07, 6.45) is 5.45. The molecule has 0 unspecified atom stereocenters. The van der Waals surface area contributed by atoms with Crippen LogP contribution in [0.2, 0.25) is 0 Å². The second kappa shape index (κ2) is 6.98. The maximum absolute atomic E-state index is 12.1. The molecule has 1 heterocycles. The summed E-state index contributed by atoms with van der Waals surface area (Å²) < 4.78 is 6.93. The molecule has 1 saturated carbocycles. The molecule has 7 heteroatoms. The van der Waals surface area contributed by atoms with Crippen molar-refractivity contribution in [1.29, 1.82) is 0 Å². The van der Waals surface area contributed by atoms with Crippen molar-refractivity contribution in [1.82, 2.24) is 25.5 Å². The quantitative estimate of drug-likeness (QED) is 0.910. The summed E-state index contributed by atoms with van der Waals surface area (Å²) in [7, 11) is 1.63. The van der Waals surface area contributed by atoms with Crippen molar-refractivity contribution < 1.29 is 9.53 Å². The van der Waals surface area contributed by atoms with Crippen LogP contribution in [-0.4, -0.2) is 33.2 Å². The van der Waals surface area contributed by atoms with E-state index in [4.69, 9.17) is 4.74 Å². The van der Waals surface area contributed by atoms with E-state index in [1.807, 2.05) is 31.2 Å². The zero-order valence-corrected chi connectivity index (χ0v) is 14.2. The number of hydrogen-bond donors (Lipinski definition) is 1. The third kappa shape index (κ3) is 3.11. The Morgan fingerprint density at radius 2 is 1.96 bits per heavy atom. The van der Waals surface area contributed by atoms with Gasteiger partial charge in [0, 0.05) is 6.42 Å². The average Bonchev–Trinajstić information content (AvgIpc) is 3.13. The molecule has 1 N–H and O–H groups in total. The number of tetrazole rings is 1. The second-order valence-electron chi connectivity index (χ2n) is 6.16. The summed E-state index contributed by atoms with van der Waals surface area (Å²) in [6.45, 7) is 1.86. The molecule has 2 aromatic rings. The van der Waals surface area contributed by atoms with E-state index in [0.29, 0.717) is 12.2 Å². The number of methoxy groups -OCH3 is 1. The van der Waals surface area contributed by atoms with Crippen molar-refractivity contribution in [3.05, 3.63) is 30.1 Å². The fraction of sp³-hybridized carbons (Fsp3) is 0.529. The summed E-state index contributed by atoms with van der Waals surface area (Å²) in [6, 6.07) is 7.58.